The molecule has 94 valence electrons. The molecule has 0 radical (unpaired) electrons. The Labute approximate surface area is 114 Å². The van der Waals surface area contributed by atoms with Crippen molar-refractivity contribution in [2.45, 2.75) is 6.92 Å². The first-order valence-electron chi connectivity index (χ1n) is 6.31. The average molecular weight is 266 g/mol. The molecule has 0 atom stereocenters. The Hall–Kier alpha value is -1.85. The zero-order valence-electron chi connectivity index (χ0n) is 10.8. The van der Waals surface area contributed by atoms with E-state index in [1.165, 1.54) is 10.6 Å². The molecule has 0 aliphatic carbocycles. The topological polar surface area (TPSA) is 13.1 Å². The van der Waals surface area contributed by atoms with Gasteiger partial charge in [-0.3, -0.25) is 0 Å². The van der Waals surface area contributed by atoms with Gasteiger partial charge in [0.15, 0.2) is 0 Å². The molecule has 0 saturated carbocycles. The van der Waals surface area contributed by atoms with E-state index in [2.05, 4.69) is 66.7 Å². The van der Waals surface area contributed by atoms with Crippen LogP contribution in [0.5, 0.6) is 0 Å². The monoisotopic (exact) mass is 266 g/mol. The van der Waals surface area contributed by atoms with E-state index in [-0.39, 0.29) is 0 Å². The van der Waals surface area contributed by atoms with Crippen LogP contribution in [0.4, 0.5) is 0 Å². The van der Waals surface area contributed by atoms with Crippen LogP contribution in [0.15, 0.2) is 77.2 Å². The lowest BCUT2D eigenvalue weighted by molar-refractivity contribution is 0.567. The lowest BCUT2D eigenvalue weighted by atomic mass is 10.4. The minimum absolute atomic E-state index is 0.592. The highest BCUT2D eigenvalue weighted by Crippen LogP contribution is 2.33. The number of hydrogen-bond donors (Lipinski definition) is 0. The van der Waals surface area contributed by atoms with Gasteiger partial charge in [-0.25, -0.2) is 0 Å². The first-order chi connectivity index (χ1) is 9.34. The van der Waals surface area contributed by atoms with Crippen molar-refractivity contribution in [3.63, 3.8) is 0 Å². The lowest BCUT2D eigenvalue weighted by Crippen LogP contribution is -2.19. The SMILES string of the molecule is Cc1ccc(P(c2ccccc2)c2ccccc2)o1. The molecule has 0 bridgehead atoms. The molecule has 0 saturated heterocycles. The lowest BCUT2D eigenvalue weighted by Gasteiger charge is -2.15. The summed E-state index contributed by atoms with van der Waals surface area (Å²) in [4.78, 5) is 0. The maximum Gasteiger partial charge on any atom is 0.134 e. The third kappa shape index (κ3) is 2.62. The van der Waals surface area contributed by atoms with Gasteiger partial charge in [-0.1, -0.05) is 60.7 Å². The van der Waals surface area contributed by atoms with Gasteiger partial charge in [0.25, 0.3) is 0 Å². The van der Waals surface area contributed by atoms with Crippen LogP contribution >= 0.6 is 7.92 Å². The van der Waals surface area contributed by atoms with Crippen LogP contribution < -0.4 is 16.1 Å². The fourth-order valence-corrected chi connectivity index (χ4v) is 4.31. The summed E-state index contributed by atoms with van der Waals surface area (Å²) in [6.07, 6.45) is 0. The molecule has 19 heavy (non-hydrogen) atoms. The van der Waals surface area contributed by atoms with Crippen molar-refractivity contribution in [2.75, 3.05) is 0 Å². The Morgan fingerprint density at radius 3 is 1.63 bits per heavy atom. The molecule has 0 N–H and O–H groups in total. The third-order valence-electron chi connectivity index (χ3n) is 2.98. The van der Waals surface area contributed by atoms with Gasteiger partial charge >= 0.3 is 0 Å². The van der Waals surface area contributed by atoms with E-state index in [1.807, 2.05) is 13.0 Å². The first kappa shape index (κ1) is 12.2. The fourth-order valence-electron chi connectivity index (χ4n) is 2.10. The predicted octanol–water partition coefficient (Wildman–Crippen LogP) is 3.35. The van der Waals surface area contributed by atoms with Gasteiger partial charge in [-0.15, -0.1) is 0 Å². The first-order valence-corrected chi connectivity index (χ1v) is 7.65. The van der Waals surface area contributed by atoms with Crippen molar-refractivity contribution in [1.29, 1.82) is 0 Å². The Balaban J connectivity index is 2.11. The van der Waals surface area contributed by atoms with Gasteiger partial charge in [-0.05, 0) is 29.7 Å². The van der Waals surface area contributed by atoms with Crippen molar-refractivity contribution in [3.8, 4) is 0 Å². The van der Waals surface area contributed by atoms with Crippen molar-refractivity contribution >= 4 is 24.0 Å². The molecule has 0 spiro atoms. The van der Waals surface area contributed by atoms with Gasteiger partial charge in [0.1, 0.15) is 11.3 Å². The molecule has 1 aromatic heterocycles. The summed E-state index contributed by atoms with van der Waals surface area (Å²) in [6.45, 7) is 1.99. The predicted molar refractivity (Wildman–Crippen MR) is 82.2 cm³/mol. The van der Waals surface area contributed by atoms with Crippen LogP contribution in [0, 0.1) is 6.92 Å². The number of benzene rings is 2. The molecule has 3 rings (SSSR count). The number of furan rings is 1. The molecule has 2 aromatic carbocycles. The normalized spacial score (nSPS) is 10.8. The van der Waals surface area contributed by atoms with E-state index < -0.39 is 7.92 Å². The van der Waals surface area contributed by atoms with E-state index >= 15 is 0 Å². The molecule has 0 aliphatic rings. The quantitative estimate of drug-likeness (QED) is 0.663. The zero-order chi connectivity index (χ0) is 13.1. The molecule has 2 heteroatoms. The van der Waals surface area contributed by atoms with Crippen LogP contribution in [0.25, 0.3) is 0 Å². The van der Waals surface area contributed by atoms with E-state index in [1.54, 1.807) is 0 Å². The van der Waals surface area contributed by atoms with E-state index in [9.17, 15) is 0 Å². The highest BCUT2D eigenvalue weighted by atomic mass is 31.1. The van der Waals surface area contributed by atoms with Crippen LogP contribution in [0.3, 0.4) is 0 Å². The van der Waals surface area contributed by atoms with E-state index in [0.29, 0.717) is 0 Å². The molecule has 1 heterocycles. The van der Waals surface area contributed by atoms with Gasteiger partial charge in [0.05, 0.1) is 0 Å². The van der Waals surface area contributed by atoms with Gasteiger partial charge in [0.2, 0.25) is 0 Å². The Kier molecular flexibility index (Phi) is 3.48. The van der Waals surface area contributed by atoms with Gasteiger partial charge in [-0.2, -0.15) is 0 Å². The molecule has 3 aromatic rings. The summed E-state index contributed by atoms with van der Waals surface area (Å²) in [5.74, 6) is 0.967. The van der Waals surface area contributed by atoms with Gasteiger partial charge in [0, 0.05) is 7.92 Å². The number of aryl methyl sites for hydroxylation is 1. The van der Waals surface area contributed by atoms with Crippen LogP contribution in [-0.4, -0.2) is 0 Å². The number of hydrogen-bond acceptors (Lipinski definition) is 1. The third-order valence-corrected chi connectivity index (χ3v) is 5.29. The highest BCUT2D eigenvalue weighted by molar-refractivity contribution is 7.79. The summed E-state index contributed by atoms with van der Waals surface area (Å²) < 4.78 is 5.88. The van der Waals surface area contributed by atoms with Crippen molar-refractivity contribution in [1.82, 2.24) is 0 Å². The molecule has 0 unspecified atom stereocenters. The minimum atomic E-state index is -0.592. The highest BCUT2D eigenvalue weighted by Gasteiger charge is 2.18. The van der Waals surface area contributed by atoms with Crippen LogP contribution in [0.1, 0.15) is 5.76 Å². The average Bonchev–Trinajstić information content (AvgIpc) is 2.88. The Bertz CT molecular complexity index is 604. The summed E-state index contributed by atoms with van der Waals surface area (Å²) in [5.41, 5.74) is 1.06. The fraction of sp³-hybridized carbons (Fsp3) is 0.0588. The van der Waals surface area contributed by atoms with Crippen LogP contribution in [-0.2, 0) is 0 Å². The van der Waals surface area contributed by atoms with Crippen molar-refractivity contribution in [2.24, 2.45) is 0 Å². The summed E-state index contributed by atoms with van der Waals surface area (Å²) >= 11 is 0. The summed E-state index contributed by atoms with van der Waals surface area (Å²) in [5, 5.41) is 2.64. The molecular weight excluding hydrogens is 251 g/mol. The second-order valence-electron chi connectivity index (χ2n) is 4.39. The second-order valence-corrected chi connectivity index (χ2v) is 6.54. The second kappa shape index (κ2) is 5.42. The molecule has 0 fully saturated rings. The smallest absolute Gasteiger partial charge is 0.134 e. The standard InChI is InChI=1S/C17H15OP/c1-14-12-13-17(18-14)19(15-8-4-2-5-9-15)16-10-6-3-7-11-16/h2-13H,1H3. The molecule has 1 nitrogen and oxygen atoms in total. The number of rotatable bonds is 3. The Morgan fingerprint density at radius 2 is 1.21 bits per heavy atom. The molecule has 0 aliphatic heterocycles. The largest absolute Gasteiger partial charge is 0.461 e. The summed E-state index contributed by atoms with van der Waals surface area (Å²) in [6, 6.07) is 25.3. The maximum atomic E-state index is 5.88. The summed E-state index contributed by atoms with van der Waals surface area (Å²) in [7, 11) is -0.592. The van der Waals surface area contributed by atoms with Gasteiger partial charge < -0.3 is 4.42 Å². The maximum absolute atomic E-state index is 5.88. The van der Waals surface area contributed by atoms with E-state index in [4.69, 9.17) is 4.42 Å². The molecular formula is C17H15OP. The van der Waals surface area contributed by atoms with E-state index in [0.717, 1.165) is 11.3 Å². The Morgan fingerprint density at radius 1 is 0.684 bits per heavy atom. The van der Waals surface area contributed by atoms with Crippen molar-refractivity contribution < 1.29 is 4.42 Å². The zero-order valence-corrected chi connectivity index (χ0v) is 11.7. The van der Waals surface area contributed by atoms with Crippen molar-refractivity contribution in [3.05, 3.63) is 78.6 Å². The van der Waals surface area contributed by atoms with Crippen LogP contribution in [0.2, 0.25) is 0 Å². The molecule has 0 amide bonds. The minimum Gasteiger partial charge on any atom is -0.461 e.